The predicted molar refractivity (Wildman–Crippen MR) is 74.2 cm³/mol. The fraction of sp³-hybridized carbons (Fsp3) is 0.643. The third kappa shape index (κ3) is 4.31. The van der Waals surface area contributed by atoms with Crippen LogP contribution in [-0.4, -0.2) is 48.3 Å². The van der Waals surface area contributed by atoms with Crippen molar-refractivity contribution in [3.05, 3.63) is 23.9 Å². The van der Waals surface area contributed by atoms with Crippen LogP contribution in [0.4, 0.5) is 19.0 Å². The van der Waals surface area contributed by atoms with Crippen molar-refractivity contribution in [1.82, 2.24) is 9.88 Å². The van der Waals surface area contributed by atoms with Crippen LogP contribution in [0.2, 0.25) is 0 Å². The normalized spacial score (nSPS) is 17.8. The number of hydrogen-bond acceptors (Lipinski definition) is 4. The van der Waals surface area contributed by atoms with Crippen LogP contribution < -0.4 is 5.32 Å². The number of ether oxygens (including phenoxy) is 1. The Morgan fingerprint density at radius 1 is 1.24 bits per heavy atom. The highest BCUT2D eigenvalue weighted by Crippen LogP contribution is 2.28. The number of nitrogens with one attached hydrogen (secondary N) is 1. The first-order chi connectivity index (χ1) is 9.79. The molecule has 21 heavy (non-hydrogen) atoms. The molecule has 2 rings (SSSR count). The summed E-state index contributed by atoms with van der Waals surface area (Å²) in [5, 5.41) is 3.00. The molecule has 4 nitrogen and oxygen atoms in total. The highest BCUT2D eigenvalue weighted by atomic mass is 19.4. The summed E-state index contributed by atoms with van der Waals surface area (Å²) >= 11 is 0. The minimum Gasteiger partial charge on any atom is -0.379 e. The molecule has 0 aliphatic carbocycles. The lowest BCUT2D eigenvalue weighted by molar-refractivity contribution is -0.141. The molecule has 1 aliphatic heterocycles. The average Bonchev–Trinajstić information content (AvgIpc) is 2.46. The van der Waals surface area contributed by atoms with E-state index in [1.165, 1.54) is 6.07 Å². The van der Waals surface area contributed by atoms with Gasteiger partial charge in [-0.2, -0.15) is 13.2 Å². The number of aromatic nitrogens is 1. The summed E-state index contributed by atoms with van der Waals surface area (Å²) in [5.74, 6) is 0.242. The molecule has 0 atom stereocenters. The summed E-state index contributed by atoms with van der Waals surface area (Å²) in [6.45, 7) is 7.64. The van der Waals surface area contributed by atoms with Crippen LogP contribution in [0.25, 0.3) is 0 Å². The molecule has 1 aliphatic rings. The van der Waals surface area contributed by atoms with Gasteiger partial charge in [-0.1, -0.05) is 6.07 Å². The Morgan fingerprint density at radius 2 is 1.90 bits per heavy atom. The van der Waals surface area contributed by atoms with Crippen molar-refractivity contribution in [2.45, 2.75) is 25.6 Å². The van der Waals surface area contributed by atoms with E-state index in [0.29, 0.717) is 19.8 Å². The highest BCUT2D eigenvalue weighted by Gasteiger charge is 2.33. The zero-order valence-corrected chi connectivity index (χ0v) is 12.2. The maximum absolute atomic E-state index is 12.6. The maximum Gasteiger partial charge on any atom is 0.433 e. The van der Waals surface area contributed by atoms with E-state index in [9.17, 15) is 13.2 Å². The van der Waals surface area contributed by atoms with Crippen molar-refractivity contribution >= 4 is 5.82 Å². The van der Waals surface area contributed by atoms with Gasteiger partial charge in [-0.3, -0.25) is 4.90 Å². The van der Waals surface area contributed by atoms with E-state index in [1.807, 2.05) is 0 Å². The largest absolute Gasteiger partial charge is 0.433 e. The smallest absolute Gasteiger partial charge is 0.379 e. The van der Waals surface area contributed by atoms with Gasteiger partial charge in [0, 0.05) is 25.2 Å². The van der Waals surface area contributed by atoms with Gasteiger partial charge in [0.2, 0.25) is 0 Å². The maximum atomic E-state index is 12.6. The number of rotatable bonds is 4. The van der Waals surface area contributed by atoms with Crippen molar-refractivity contribution in [2.75, 3.05) is 38.2 Å². The third-order valence-corrected chi connectivity index (χ3v) is 3.61. The summed E-state index contributed by atoms with van der Waals surface area (Å²) in [4.78, 5) is 5.87. The number of hydrogen-bond donors (Lipinski definition) is 1. The molecule has 1 aromatic heterocycles. The van der Waals surface area contributed by atoms with Gasteiger partial charge in [0.15, 0.2) is 0 Å². The second kappa shape index (κ2) is 6.19. The molecule has 0 radical (unpaired) electrons. The Bertz CT molecular complexity index is 471. The Labute approximate surface area is 122 Å². The lowest BCUT2D eigenvalue weighted by Gasteiger charge is -2.41. The Kier molecular flexibility index (Phi) is 4.73. The van der Waals surface area contributed by atoms with Crippen LogP contribution in [0.3, 0.4) is 0 Å². The van der Waals surface area contributed by atoms with Crippen LogP contribution in [0, 0.1) is 0 Å². The minimum atomic E-state index is -4.42. The molecule has 7 heteroatoms. The summed E-state index contributed by atoms with van der Waals surface area (Å²) in [5.41, 5.74) is -1.06. The lowest BCUT2D eigenvalue weighted by atomic mass is 10.0. The van der Waals surface area contributed by atoms with E-state index in [1.54, 1.807) is 6.07 Å². The molecule has 0 spiro atoms. The molecular weight excluding hydrogens is 283 g/mol. The number of anilines is 1. The van der Waals surface area contributed by atoms with E-state index in [0.717, 1.165) is 19.2 Å². The minimum absolute atomic E-state index is 0.181. The van der Waals surface area contributed by atoms with Crippen LogP contribution >= 0.6 is 0 Å². The van der Waals surface area contributed by atoms with Crippen LogP contribution in [0.1, 0.15) is 19.5 Å². The number of morpholine rings is 1. The van der Waals surface area contributed by atoms with Gasteiger partial charge in [-0.05, 0) is 26.0 Å². The number of nitrogens with zero attached hydrogens (tertiary/aromatic N) is 2. The molecule has 1 fully saturated rings. The van der Waals surface area contributed by atoms with Crippen LogP contribution in [0.5, 0.6) is 0 Å². The van der Waals surface area contributed by atoms with Gasteiger partial charge in [0.1, 0.15) is 11.5 Å². The Balaban J connectivity index is 1.98. The van der Waals surface area contributed by atoms with Gasteiger partial charge >= 0.3 is 6.18 Å². The summed E-state index contributed by atoms with van der Waals surface area (Å²) in [6, 6.07) is 3.88. The second-order valence-corrected chi connectivity index (χ2v) is 5.67. The number of pyridine rings is 1. The molecule has 1 saturated heterocycles. The summed E-state index contributed by atoms with van der Waals surface area (Å²) in [7, 11) is 0. The Hall–Kier alpha value is -1.34. The average molecular weight is 303 g/mol. The molecule has 1 N–H and O–H groups in total. The van der Waals surface area contributed by atoms with Crippen molar-refractivity contribution in [3.63, 3.8) is 0 Å². The monoisotopic (exact) mass is 303 g/mol. The van der Waals surface area contributed by atoms with Gasteiger partial charge in [-0.25, -0.2) is 4.98 Å². The standard InChI is InChI=1S/C14H20F3N3O/c1-13(2,20-6-8-21-9-7-20)10-18-12-5-3-4-11(19-12)14(15,16)17/h3-5H,6-10H2,1-2H3,(H,18,19). The van der Waals surface area contributed by atoms with E-state index in [-0.39, 0.29) is 11.4 Å². The van der Waals surface area contributed by atoms with E-state index < -0.39 is 11.9 Å². The molecular formula is C14H20F3N3O. The predicted octanol–water partition coefficient (Wildman–Crippen LogP) is 2.62. The molecule has 0 unspecified atom stereocenters. The molecule has 0 bridgehead atoms. The molecule has 0 saturated carbocycles. The van der Waals surface area contributed by atoms with Gasteiger partial charge < -0.3 is 10.1 Å². The zero-order valence-electron chi connectivity index (χ0n) is 12.2. The molecule has 0 amide bonds. The van der Waals surface area contributed by atoms with Crippen molar-refractivity contribution in [1.29, 1.82) is 0 Å². The lowest BCUT2D eigenvalue weighted by Crippen LogP contribution is -2.53. The van der Waals surface area contributed by atoms with Crippen LogP contribution in [0.15, 0.2) is 18.2 Å². The first-order valence-corrected chi connectivity index (χ1v) is 6.90. The fourth-order valence-corrected chi connectivity index (χ4v) is 2.28. The summed E-state index contributed by atoms with van der Waals surface area (Å²) in [6.07, 6.45) is -4.42. The number of halogens is 3. The summed E-state index contributed by atoms with van der Waals surface area (Å²) < 4.78 is 43.2. The number of alkyl halides is 3. The molecule has 2 heterocycles. The highest BCUT2D eigenvalue weighted by molar-refractivity contribution is 5.36. The van der Waals surface area contributed by atoms with Gasteiger partial charge in [0.05, 0.1) is 13.2 Å². The van der Waals surface area contributed by atoms with Crippen molar-refractivity contribution in [2.24, 2.45) is 0 Å². The van der Waals surface area contributed by atoms with Gasteiger partial charge in [0.25, 0.3) is 0 Å². The quantitative estimate of drug-likeness (QED) is 0.928. The van der Waals surface area contributed by atoms with E-state index in [2.05, 4.69) is 29.0 Å². The van der Waals surface area contributed by atoms with Crippen molar-refractivity contribution < 1.29 is 17.9 Å². The second-order valence-electron chi connectivity index (χ2n) is 5.67. The first-order valence-electron chi connectivity index (χ1n) is 6.90. The molecule has 0 aromatic carbocycles. The topological polar surface area (TPSA) is 37.4 Å². The zero-order chi connectivity index (χ0) is 15.5. The van der Waals surface area contributed by atoms with E-state index >= 15 is 0 Å². The first kappa shape index (κ1) is 16.0. The third-order valence-electron chi connectivity index (χ3n) is 3.61. The SMILES string of the molecule is CC(C)(CNc1cccc(C(F)(F)F)n1)N1CCOCC1. The molecule has 1 aromatic rings. The van der Waals surface area contributed by atoms with Crippen molar-refractivity contribution in [3.8, 4) is 0 Å². The van der Waals surface area contributed by atoms with Gasteiger partial charge in [-0.15, -0.1) is 0 Å². The van der Waals surface area contributed by atoms with Crippen LogP contribution in [-0.2, 0) is 10.9 Å². The molecule has 118 valence electrons. The van der Waals surface area contributed by atoms with E-state index in [4.69, 9.17) is 4.74 Å². The Morgan fingerprint density at radius 3 is 2.52 bits per heavy atom. The fourth-order valence-electron chi connectivity index (χ4n) is 2.28.